The van der Waals surface area contributed by atoms with Gasteiger partial charge in [0.1, 0.15) is 30.3 Å². The zero-order valence-electron chi connectivity index (χ0n) is 12.0. The molecular formula is C16H17NO4. The molecule has 0 aromatic heterocycles. The lowest BCUT2D eigenvalue weighted by atomic mass is 10.1. The SMILES string of the molecule is COc1ccc2cccc(OC[C@H]3NC(=O)O[C@@H]3C)c2c1. The number of fused-ring (bicyclic) bond motifs is 1. The third-order valence-electron chi connectivity index (χ3n) is 3.63. The summed E-state index contributed by atoms with van der Waals surface area (Å²) in [5.41, 5.74) is 0. The van der Waals surface area contributed by atoms with Crippen LogP contribution in [0.25, 0.3) is 10.8 Å². The number of cyclic esters (lactones) is 1. The third-order valence-corrected chi connectivity index (χ3v) is 3.63. The molecule has 0 unspecified atom stereocenters. The third kappa shape index (κ3) is 2.72. The van der Waals surface area contributed by atoms with Gasteiger partial charge in [0.25, 0.3) is 0 Å². The molecule has 0 spiro atoms. The molecule has 1 amide bonds. The lowest BCUT2D eigenvalue weighted by molar-refractivity contribution is 0.132. The van der Waals surface area contributed by atoms with Crippen LogP contribution >= 0.6 is 0 Å². The number of hydrogen-bond donors (Lipinski definition) is 1. The zero-order valence-corrected chi connectivity index (χ0v) is 12.0. The Balaban J connectivity index is 1.81. The highest BCUT2D eigenvalue weighted by molar-refractivity contribution is 5.89. The second-order valence-electron chi connectivity index (χ2n) is 5.02. The van der Waals surface area contributed by atoms with Gasteiger partial charge in [-0.15, -0.1) is 0 Å². The summed E-state index contributed by atoms with van der Waals surface area (Å²) in [5, 5.41) is 4.79. The highest BCUT2D eigenvalue weighted by atomic mass is 16.6. The van der Waals surface area contributed by atoms with Gasteiger partial charge in [0.05, 0.1) is 7.11 Å². The van der Waals surface area contributed by atoms with E-state index in [1.807, 2.05) is 43.3 Å². The van der Waals surface area contributed by atoms with Gasteiger partial charge in [-0.25, -0.2) is 4.79 Å². The van der Waals surface area contributed by atoms with Crippen molar-refractivity contribution < 1.29 is 19.0 Å². The molecule has 110 valence electrons. The predicted molar refractivity (Wildman–Crippen MR) is 78.9 cm³/mol. The average Bonchev–Trinajstić information content (AvgIpc) is 2.82. The van der Waals surface area contributed by atoms with Crippen LogP contribution in [0.15, 0.2) is 36.4 Å². The Bertz CT molecular complexity index is 670. The molecule has 3 rings (SSSR count). The molecule has 0 aliphatic carbocycles. The van der Waals surface area contributed by atoms with Crippen molar-refractivity contribution in [2.75, 3.05) is 13.7 Å². The van der Waals surface area contributed by atoms with Crippen molar-refractivity contribution in [3.8, 4) is 11.5 Å². The summed E-state index contributed by atoms with van der Waals surface area (Å²) in [6.07, 6.45) is -0.585. The molecule has 1 saturated heterocycles. The first-order valence-electron chi connectivity index (χ1n) is 6.84. The number of ether oxygens (including phenoxy) is 3. The number of nitrogens with one attached hydrogen (secondary N) is 1. The van der Waals surface area contributed by atoms with Crippen molar-refractivity contribution >= 4 is 16.9 Å². The minimum atomic E-state index is -0.393. The van der Waals surface area contributed by atoms with Gasteiger partial charge >= 0.3 is 6.09 Å². The van der Waals surface area contributed by atoms with Crippen molar-refractivity contribution in [3.05, 3.63) is 36.4 Å². The van der Waals surface area contributed by atoms with Crippen LogP contribution in [0.2, 0.25) is 0 Å². The minimum Gasteiger partial charge on any atom is -0.497 e. The largest absolute Gasteiger partial charge is 0.497 e. The van der Waals surface area contributed by atoms with Crippen molar-refractivity contribution in [2.45, 2.75) is 19.1 Å². The van der Waals surface area contributed by atoms with Crippen LogP contribution in [-0.2, 0) is 4.74 Å². The maximum absolute atomic E-state index is 11.2. The van der Waals surface area contributed by atoms with Crippen molar-refractivity contribution in [2.24, 2.45) is 0 Å². The zero-order chi connectivity index (χ0) is 14.8. The number of carbonyl (C=O) groups is 1. The number of rotatable bonds is 4. The fourth-order valence-corrected chi connectivity index (χ4v) is 2.39. The summed E-state index contributed by atoms with van der Waals surface area (Å²) < 4.78 is 16.2. The summed E-state index contributed by atoms with van der Waals surface area (Å²) in [5.74, 6) is 1.55. The second kappa shape index (κ2) is 5.52. The number of benzene rings is 2. The summed E-state index contributed by atoms with van der Waals surface area (Å²) in [4.78, 5) is 11.2. The Labute approximate surface area is 122 Å². The van der Waals surface area contributed by atoms with Crippen LogP contribution in [0, 0.1) is 0 Å². The molecule has 0 bridgehead atoms. The fraction of sp³-hybridized carbons (Fsp3) is 0.312. The summed E-state index contributed by atoms with van der Waals surface area (Å²) in [7, 11) is 1.64. The molecule has 2 aromatic carbocycles. The van der Waals surface area contributed by atoms with E-state index in [1.165, 1.54) is 0 Å². The first-order chi connectivity index (χ1) is 10.2. The number of carbonyl (C=O) groups excluding carboxylic acids is 1. The van der Waals surface area contributed by atoms with Gasteiger partial charge in [0.2, 0.25) is 0 Å². The molecule has 1 fully saturated rings. The molecule has 21 heavy (non-hydrogen) atoms. The van der Waals surface area contributed by atoms with Crippen LogP contribution in [0.3, 0.4) is 0 Å². The average molecular weight is 287 g/mol. The number of amides is 1. The maximum atomic E-state index is 11.2. The molecule has 1 aliphatic rings. The Morgan fingerprint density at radius 2 is 2.14 bits per heavy atom. The quantitative estimate of drug-likeness (QED) is 0.939. The van der Waals surface area contributed by atoms with Crippen LogP contribution in [-0.4, -0.2) is 32.0 Å². The van der Waals surface area contributed by atoms with Crippen molar-refractivity contribution in [1.82, 2.24) is 5.32 Å². The summed E-state index contributed by atoms with van der Waals surface area (Å²) in [6.45, 7) is 2.21. The first-order valence-corrected chi connectivity index (χ1v) is 6.84. The number of methoxy groups -OCH3 is 1. The van der Waals surface area contributed by atoms with E-state index in [9.17, 15) is 4.79 Å². The Morgan fingerprint density at radius 3 is 2.86 bits per heavy atom. The Hall–Kier alpha value is -2.43. The summed E-state index contributed by atoms with van der Waals surface area (Å²) >= 11 is 0. The molecule has 0 radical (unpaired) electrons. The normalized spacial score (nSPS) is 21.0. The first kappa shape index (κ1) is 13.5. The van der Waals surface area contributed by atoms with Crippen LogP contribution in [0.1, 0.15) is 6.92 Å². The summed E-state index contributed by atoms with van der Waals surface area (Å²) in [6, 6.07) is 11.6. The van der Waals surface area contributed by atoms with E-state index in [1.54, 1.807) is 7.11 Å². The molecule has 0 saturated carbocycles. The van der Waals surface area contributed by atoms with Gasteiger partial charge < -0.3 is 19.5 Å². The highest BCUT2D eigenvalue weighted by Gasteiger charge is 2.30. The van der Waals surface area contributed by atoms with Crippen LogP contribution in [0.4, 0.5) is 4.79 Å². The topological polar surface area (TPSA) is 56.8 Å². The smallest absolute Gasteiger partial charge is 0.407 e. The number of alkyl carbamates (subject to hydrolysis) is 1. The second-order valence-corrected chi connectivity index (χ2v) is 5.02. The molecule has 2 aromatic rings. The number of hydrogen-bond acceptors (Lipinski definition) is 4. The minimum absolute atomic E-state index is 0.140. The fourth-order valence-electron chi connectivity index (χ4n) is 2.39. The maximum Gasteiger partial charge on any atom is 0.407 e. The van der Waals surface area contributed by atoms with E-state index < -0.39 is 6.09 Å². The van der Waals surface area contributed by atoms with Crippen molar-refractivity contribution in [3.63, 3.8) is 0 Å². The van der Waals surface area contributed by atoms with Crippen molar-refractivity contribution in [1.29, 1.82) is 0 Å². The van der Waals surface area contributed by atoms with Crippen LogP contribution in [0.5, 0.6) is 11.5 Å². The monoisotopic (exact) mass is 287 g/mol. The Morgan fingerprint density at radius 1 is 1.29 bits per heavy atom. The van der Waals surface area contributed by atoms with Crippen LogP contribution < -0.4 is 14.8 Å². The molecular weight excluding hydrogens is 270 g/mol. The molecule has 2 atom stereocenters. The lowest BCUT2D eigenvalue weighted by Crippen LogP contribution is -2.35. The van der Waals surface area contributed by atoms with E-state index in [0.29, 0.717) is 6.61 Å². The lowest BCUT2D eigenvalue weighted by Gasteiger charge is -2.15. The molecule has 1 aliphatic heterocycles. The van der Waals surface area contributed by atoms with Gasteiger partial charge in [-0.3, -0.25) is 0 Å². The van der Waals surface area contributed by atoms with Gasteiger partial charge in [-0.1, -0.05) is 18.2 Å². The Kier molecular flexibility index (Phi) is 3.56. The molecule has 5 heteroatoms. The van der Waals surface area contributed by atoms with Gasteiger partial charge in [0, 0.05) is 5.39 Å². The standard InChI is InChI=1S/C16H17NO4/c1-10-14(17-16(18)21-10)9-20-15-5-3-4-11-6-7-12(19-2)8-13(11)15/h3-8,10,14H,9H2,1-2H3,(H,17,18)/t10-,14-/m1/s1. The van der Waals surface area contributed by atoms with E-state index in [0.717, 1.165) is 22.3 Å². The van der Waals surface area contributed by atoms with E-state index >= 15 is 0 Å². The van der Waals surface area contributed by atoms with E-state index in [4.69, 9.17) is 14.2 Å². The molecule has 1 heterocycles. The van der Waals surface area contributed by atoms with Gasteiger partial charge in [0.15, 0.2) is 0 Å². The predicted octanol–water partition coefficient (Wildman–Crippen LogP) is 2.72. The van der Waals surface area contributed by atoms with Gasteiger partial charge in [-0.2, -0.15) is 0 Å². The van der Waals surface area contributed by atoms with Gasteiger partial charge in [-0.05, 0) is 30.5 Å². The molecule has 5 nitrogen and oxygen atoms in total. The molecule has 1 N–H and O–H groups in total. The highest BCUT2D eigenvalue weighted by Crippen LogP contribution is 2.29. The van der Waals surface area contributed by atoms with E-state index in [2.05, 4.69) is 5.32 Å². The van der Waals surface area contributed by atoms with E-state index in [-0.39, 0.29) is 12.1 Å².